The maximum atomic E-state index is 8.94. The summed E-state index contributed by atoms with van der Waals surface area (Å²) in [4.78, 5) is 6.58. The monoisotopic (exact) mass is 262 g/mol. The summed E-state index contributed by atoms with van der Waals surface area (Å²) in [7, 11) is 2.05. The lowest BCUT2D eigenvalue weighted by atomic mass is 10.1. The summed E-state index contributed by atoms with van der Waals surface area (Å²) >= 11 is 0. The molecule has 1 saturated carbocycles. The number of aryl methyl sites for hydroxylation is 2. The first-order valence-electron chi connectivity index (χ1n) is 6.61. The molecule has 5 nitrogen and oxygen atoms in total. The van der Waals surface area contributed by atoms with Crippen LogP contribution in [0.1, 0.15) is 30.3 Å². The summed E-state index contributed by atoms with van der Waals surface area (Å²) in [6, 6.07) is 1.99. The second-order valence-electron chi connectivity index (χ2n) is 5.58. The Labute approximate surface area is 114 Å². The topological polar surface area (TPSA) is 74.7 Å². The average molecular weight is 262 g/mol. The summed E-state index contributed by atoms with van der Waals surface area (Å²) in [5.74, 6) is 1.67. The van der Waals surface area contributed by atoms with E-state index < -0.39 is 0 Å². The fourth-order valence-electron chi connectivity index (χ4n) is 2.58. The molecule has 5 heteroatoms. The molecular formula is C14H22N4O. The third-order valence-electron chi connectivity index (χ3n) is 3.87. The number of rotatable bonds is 4. The maximum absolute atomic E-state index is 8.94. The SMILES string of the molecule is Cc1cc(N(C)CC2CC2C)c(/C(N)=N/O)c(C)n1. The van der Waals surface area contributed by atoms with Gasteiger partial charge in [0.1, 0.15) is 0 Å². The van der Waals surface area contributed by atoms with E-state index in [2.05, 4.69) is 22.0 Å². The fraction of sp³-hybridized carbons (Fsp3) is 0.571. The van der Waals surface area contributed by atoms with E-state index in [-0.39, 0.29) is 5.84 Å². The molecule has 0 aliphatic heterocycles. The van der Waals surface area contributed by atoms with Gasteiger partial charge in [0.15, 0.2) is 5.84 Å². The van der Waals surface area contributed by atoms with Gasteiger partial charge in [0.25, 0.3) is 0 Å². The highest BCUT2D eigenvalue weighted by atomic mass is 16.4. The third-order valence-corrected chi connectivity index (χ3v) is 3.87. The molecular weight excluding hydrogens is 240 g/mol. The number of hydrogen-bond acceptors (Lipinski definition) is 4. The lowest BCUT2D eigenvalue weighted by Gasteiger charge is -2.23. The number of pyridine rings is 1. The fourth-order valence-corrected chi connectivity index (χ4v) is 2.58. The molecule has 19 heavy (non-hydrogen) atoms. The summed E-state index contributed by atoms with van der Waals surface area (Å²) in [5.41, 5.74) is 9.24. The lowest BCUT2D eigenvalue weighted by Crippen LogP contribution is -2.26. The van der Waals surface area contributed by atoms with Gasteiger partial charge in [0, 0.05) is 19.3 Å². The highest BCUT2D eigenvalue weighted by Crippen LogP contribution is 2.39. The van der Waals surface area contributed by atoms with Gasteiger partial charge in [-0.3, -0.25) is 4.98 Å². The second kappa shape index (κ2) is 5.07. The average Bonchev–Trinajstić information content (AvgIpc) is 3.02. The van der Waals surface area contributed by atoms with Crippen LogP contribution < -0.4 is 10.6 Å². The number of nitrogens with zero attached hydrogens (tertiary/aromatic N) is 3. The molecule has 2 rings (SSSR count). The van der Waals surface area contributed by atoms with E-state index in [4.69, 9.17) is 10.9 Å². The van der Waals surface area contributed by atoms with Crippen LogP contribution in [0.25, 0.3) is 0 Å². The standard InChI is InChI=1S/C14H22N4O/c1-8-5-11(8)7-18(4)12-6-9(2)16-10(3)13(12)14(15)17-19/h6,8,11,19H,5,7H2,1-4H3,(H2,15,17). The van der Waals surface area contributed by atoms with Crippen LogP contribution in [0, 0.1) is 25.7 Å². The Kier molecular flexibility index (Phi) is 3.64. The number of nitrogens with two attached hydrogens (primary N) is 1. The van der Waals surface area contributed by atoms with E-state index in [1.807, 2.05) is 27.0 Å². The van der Waals surface area contributed by atoms with Gasteiger partial charge >= 0.3 is 0 Å². The van der Waals surface area contributed by atoms with E-state index in [0.29, 0.717) is 0 Å². The Morgan fingerprint density at radius 3 is 2.74 bits per heavy atom. The van der Waals surface area contributed by atoms with Crippen molar-refractivity contribution < 1.29 is 5.21 Å². The van der Waals surface area contributed by atoms with E-state index in [1.54, 1.807) is 0 Å². The summed E-state index contributed by atoms with van der Waals surface area (Å²) in [5, 5.41) is 12.1. The number of aromatic nitrogens is 1. The normalized spacial score (nSPS) is 22.4. The van der Waals surface area contributed by atoms with E-state index in [0.717, 1.165) is 41.0 Å². The van der Waals surface area contributed by atoms with Crippen molar-refractivity contribution in [3.05, 3.63) is 23.0 Å². The van der Waals surface area contributed by atoms with E-state index >= 15 is 0 Å². The Balaban J connectivity index is 2.36. The number of anilines is 1. The Morgan fingerprint density at radius 2 is 2.21 bits per heavy atom. The molecule has 0 amide bonds. The minimum absolute atomic E-state index is 0.121. The molecule has 0 bridgehead atoms. The molecule has 0 saturated heterocycles. The zero-order chi connectivity index (χ0) is 14.2. The van der Waals surface area contributed by atoms with Gasteiger partial charge in [-0.2, -0.15) is 0 Å². The molecule has 0 aromatic carbocycles. The molecule has 2 atom stereocenters. The van der Waals surface area contributed by atoms with Gasteiger partial charge in [-0.05, 0) is 38.2 Å². The Bertz CT molecular complexity index is 512. The molecule has 3 N–H and O–H groups in total. The summed E-state index contributed by atoms with van der Waals surface area (Å²) < 4.78 is 0. The van der Waals surface area contributed by atoms with Gasteiger partial charge < -0.3 is 15.8 Å². The van der Waals surface area contributed by atoms with Crippen LogP contribution in [0.4, 0.5) is 5.69 Å². The first kappa shape index (κ1) is 13.6. The molecule has 1 aliphatic carbocycles. The van der Waals surface area contributed by atoms with Crippen molar-refractivity contribution in [1.29, 1.82) is 0 Å². The van der Waals surface area contributed by atoms with E-state index in [9.17, 15) is 0 Å². The van der Waals surface area contributed by atoms with Crippen LogP contribution in [0.5, 0.6) is 0 Å². The summed E-state index contributed by atoms with van der Waals surface area (Å²) in [6.45, 7) is 7.11. The molecule has 104 valence electrons. The molecule has 1 fully saturated rings. The van der Waals surface area contributed by atoms with Crippen molar-refractivity contribution in [2.75, 3.05) is 18.5 Å². The first-order valence-corrected chi connectivity index (χ1v) is 6.61. The number of amidine groups is 1. The largest absolute Gasteiger partial charge is 0.409 e. The van der Waals surface area contributed by atoms with Gasteiger partial charge in [0.2, 0.25) is 0 Å². The van der Waals surface area contributed by atoms with Crippen molar-refractivity contribution in [3.63, 3.8) is 0 Å². The van der Waals surface area contributed by atoms with Crippen molar-refractivity contribution in [2.45, 2.75) is 27.2 Å². The highest BCUT2D eigenvalue weighted by molar-refractivity contribution is 6.03. The van der Waals surface area contributed by atoms with Crippen LogP contribution in [-0.2, 0) is 0 Å². The number of oxime groups is 1. The molecule has 1 aliphatic rings. The van der Waals surface area contributed by atoms with Crippen LogP contribution in [0.3, 0.4) is 0 Å². The zero-order valence-corrected chi connectivity index (χ0v) is 12.0. The first-order chi connectivity index (χ1) is 8.93. The summed E-state index contributed by atoms with van der Waals surface area (Å²) in [6.07, 6.45) is 1.28. The van der Waals surface area contributed by atoms with Crippen molar-refractivity contribution in [3.8, 4) is 0 Å². The molecule has 2 unspecified atom stereocenters. The Morgan fingerprint density at radius 1 is 1.58 bits per heavy atom. The zero-order valence-electron chi connectivity index (χ0n) is 12.0. The quantitative estimate of drug-likeness (QED) is 0.376. The molecule has 1 aromatic rings. The second-order valence-corrected chi connectivity index (χ2v) is 5.58. The lowest BCUT2D eigenvalue weighted by molar-refractivity contribution is 0.318. The predicted molar refractivity (Wildman–Crippen MR) is 76.8 cm³/mol. The van der Waals surface area contributed by atoms with E-state index in [1.165, 1.54) is 6.42 Å². The minimum Gasteiger partial charge on any atom is -0.409 e. The predicted octanol–water partition coefficient (Wildman–Crippen LogP) is 1.89. The smallest absolute Gasteiger partial charge is 0.174 e. The van der Waals surface area contributed by atoms with Crippen LogP contribution in [-0.4, -0.2) is 29.6 Å². The third kappa shape index (κ3) is 2.80. The Hall–Kier alpha value is -1.78. The molecule has 0 spiro atoms. The minimum atomic E-state index is 0.121. The van der Waals surface area contributed by atoms with Gasteiger partial charge in [0.05, 0.1) is 16.9 Å². The molecule has 1 heterocycles. The van der Waals surface area contributed by atoms with Crippen molar-refractivity contribution in [1.82, 2.24) is 4.98 Å². The maximum Gasteiger partial charge on any atom is 0.174 e. The molecule has 1 aromatic heterocycles. The molecule has 0 radical (unpaired) electrons. The van der Waals surface area contributed by atoms with Crippen molar-refractivity contribution in [2.24, 2.45) is 22.7 Å². The van der Waals surface area contributed by atoms with Crippen LogP contribution >= 0.6 is 0 Å². The van der Waals surface area contributed by atoms with Gasteiger partial charge in [-0.1, -0.05) is 12.1 Å². The van der Waals surface area contributed by atoms with Gasteiger partial charge in [-0.25, -0.2) is 0 Å². The van der Waals surface area contributed by atoms with Gasteiger partial charge in [-0.15, -0.1) is 0 Å². The highest BCUT2D eigenvalue weighted by Gasteiger charge is 2.33. The van der Waals surface area contributed by atoms with Crippen molar-refractivity contribution >= 4 is 11.5 Å². The van der Waals surface area contributed by atoms with Crippen LogP contribution in [0.2, 0.25) is 0 Å². The van der Waals surface area contributed by atoms with Crippen LogP contribution in [0.15, 0.2) is 11.2 Å². The number of hydrogen-bond donors (Lipinski definition) is 2.